The molecule has 0 rings (SSSR count). The summed E-state index contributed by atoms with van der Waals surface area (Å²) in [5, 5.41) is 11.0. The van der Waals surface area contributed by atoms with Gasteiger partial charge in [0.15, 0.2) is 11.9 Å². The van der Waals surface area contributed by atoms with Gasteiger partial charge in [-0.05, 0) is 38.8 Å². The highest BCUT2D eigenvalue weighted by Gasteiger charge is 1.94. The number of unbranched alkanes of at least 4 members (excludes halogenated alkanes) is 10. The van der Waals surface area contributed by atoms with Gasteiger partial charge < -0.3 is 33.4 Å². The van der Waals surface area contributed by atoms with Crippen LogP contribution in [0.1, 0.15) is 84.0 Å². The molecule has 0 unspecified atom stereocenters. The van der Waals surface area contributed by atoms with E-state index in [0.29, 0.717) is 0 Å². The number of nitrogens with one attached hydrogen (secondary N) is 1. The number of carboxylic acids is 1. The first-order valence-electron chi connectivity index (χ1n) is 10.9. The lowest BCUT2D eigenvalue weighted by atomic mass is 10.1. The van der Waals surface area contributed by atoms with Crippen LogP contribution in [-0.2, 0) is 4.79 Å². The van der Waals surface area contributed by atoms with E-state index in [9.17, 15) is 0 Å². The molecule has 0 aromatic heterocycles. The van der Waals surface area contributed by atoms with E-state index >= 15 is 0 Å². The van der Waals surface area contributed by atoms with E-state index in [2.05, 4.69) is 15.3 Å². The molecule has 0 radical (unpaired) electrons. The number of guanidine groups is 2. The molecule has 29 heavy (non-hydrogen) atoms. The molecule has 172 valence electrons. The van der Waals surface area contributed by atoms with Gasteiger partial charge in [-0.1, -0.05) is 51.4 Å². The third-order valence-corrected chi connectivity index (χ3v) is 4.11. The number of nitrogens with two attached hydrogens (primary N) is 4. The van der Waals surface area contributed by atoms with Crippen molar-refractivity contribution in [2.45, 2.75) is 84.0 Å². The van der Waals surface area contributed by atoms with Crippen molar-refractivity contribution >= 4 is 17.9 Å². The first-order valence-corrected chi connectivity index (χ1v) is 10.9. The number of carbonyl (C=O) groups is 1. The van der Waals surface area contributed by atoms with Crippen molar-refractivity contribution in [2.75, 3.05) is 26.2 Å². The van der Waals surface area contributed by atoms with Crippen LogP contribution in [-0.4, -0.2) is 49.2 Å². The van der Waals surface area contributed by atoms with Crippen molar-refractivity contribution in [1.29, 1.82) is 0 Å². The van der Waals surface area contributed by atoms with Gasteiger partial charge in [0.05, 0.1) is 0 Å². The minimum atomic E-state index is -0.833. The second kappa shape index (κ2) is 24.0. The number of hydrogen-bond donors (Lipinski definition) is 6. The van der Waals surface area contributed by atoms with Gasteiger partial charge in [0.1, 0.15) is 0 Å². The SMILES string of the molecule is CC(=O)O.NC(N)=NCCCCCCCCNCCCCCCCCN=C(N)N. The highest BCUT2D eigenvalue weighted by atomic mass is 16.4. The fourth-order valence-corrected chi connectivity index (χ4v) is 2.68. The molecule has 0 saturated carbocycles. The molecule has 0 spiro atoms. The van der Waals surface area contributed by atoms with Gasteiger partial charge in [0.25, 0.3) is 5.97 Å². The average Bonchev–Trinajstić information content (AvgIpc) is 2.62. The monoisotopic (exact) mass is 415 g/mol. The van der Waals surface area contributed by atoms with Gasteiger partial charge >= 0.3 is 0 Å². The molecule has 10 N–H and O–H groups in total. The number of aliphatic imine (C=N–C) groups is 2. The van der Waals surface area contributed by atoms with E-state index in [1.807, 2.05) is 0 Å². The van der Waals surface area contributed by atoms with E-state index in [1.54, 1.807) is 0 Å². The molecule has 0 aromatic carbocycles. The topological polar surface area (TPSA) is 178 Å². The van der Waals surface area contributed by atoms with Gasteiger partial charge in [-0.2, -0.15) is 0 Å². The maximum atomic E-state index is 9.00. The van der Waals surface area contributed by atoms with Crippen molar-refractivity contribution in [3.63, 3.8) is 0 Å². The summed E-state index contributed by atoms with van der Waals surface area (Å²) in [7, 11) is 0. The zero-order chi connectivity index (χ0) is 22.2. The Labute approximate surface area is 176 Å². The summed E-state index contributed by atoms with van der Waals surface area (Å²) in [5.41, 5.74) is 21.1. The summed E-state index contributed by atoms with van der Waals surface area (Å²) in [6.07, 6.45) is 15.0. The Morgan fingerprint density at radius 1 is 0.655 bits per heavy atom. The molecule has 0 fully saturated rings. The van der Waals surface area contributed by atoms with Crippen LogP contribution in [0, 0.1) is 0 Å². The van der Waals surface area contributed by atoms with Gasteiger partial charge in [0.2, 0.25) is 0 Å². The van der Waals surface area contributed by atoms with E-state index in [0.717, 1.165) is 45.9 Å². The Morgan fingerprint density at radius 2 is 0.931 bits per heavy atom. The quantitative estimate of drug-likeness (QED) is 0.112. The molecule has 0 atom stereocenters. The molecule has 0 aliphatic rings. The maximum absolute atomic E-state index is 9.00. The number of aliphatic carboxylic acids is 1. The molecule has 0 amide bonds. The van der Waals surface area contributed by atoms with E-state index in [1.165, 1.54) is 64.2 Å². The van der Waals surface area contributed by atoms with Crippen LogP contribution in [0.15, 0.2) is 9.98 Å². The minimum absolute atomic E-state index is 0.203. The van der Waals surface area contributed by atoms with Crippen LogP contribution in [0.3, 0.4) is 0 Å². The third-order valence-electron chi connectivity index (χ3n) is 4.11. The molecule has 9 heteroatoms. The predicted molar refractivity (Wildman–Crippen MR) is 123 cm³/mol. The van der Waals surface area contributed by atoms with E-state index in [4.69, 9.17) is 32.8 Å². The Kier molecular flexibility index (Phi) is 24.2. The summed E-state index contributed by atoms with van der Waals surface area (Å²) >= 11 is 0. The maximum Gasteiger partial charge on any atom is 0.300 e. The molecular weight excluding hydrogens is 370 g/mol. The number of hydrogen-bond acceptors (Lipinski definition) is 4. The summed E-state index contributed by atoms with van der Waals surface area (Å²) in [5.74, 6) is -0.428. The van der Waals surface area contributed by atoms with Crippen molar-refractivity contribution < 1.29 is 9.90 Å². The smallest absolute Gasteiger partial charge is 0.300 e. The molecule has 0 aliphatic heterocycles. The van der Waals surface area contributed by atoms with Crippen LogP contribution >= 0.6 is 0 Å². The lowest BCUT2D eigenvalue weighted by molar-refractivity contribution is -0.134. The highest BCUT2D eigenvalue weighted by Crippen LogP contribution is 2.06. The van der Waals surface area contributed by atoms with Crippen LogP contribution in [0.4, 0.5) is 0 Å². The molecule has 0 heterocycles. The van der Waals surface area contributed by atoms with Gasteiger partial charge in [-0.25, -0.2) is 0 Å². The Morgan fingerprint density at radius 3 is 1.24 bits per heavy atom. The zero-order valence-electron chi connectivity index (χ0n) is 18.4. The Bertz CT molecular complexity index is 385. The van der Waals surface area contributed by atoms with Gasteiger partial charge in [-0.3, -0.25) is 14.8 Å². The zero-order valence-corrected chi connectivity index (χ0v) is 18.4. The Hall–Kier alpha value is -2.03. The third kappa shape index (κ3) is 37.4. The molecule has 0 aliphatic carbocycles. The standard InChI is InChI=1S/C18H41N7.C2H4O2/c19-17(20)24-15-11-7-3-1-5-9-13-23-14-10-6-2-4-8-12-16-25-18(21)22;1-2(3)4/h23H,1-16H2,(H4,19,20,24)(H4,21,22,25);1H3,(H,3,4). The number of rotatable bonds is 18. The van der Waals surface area contributed by atoms with Crippen molar-refractivity contribution in [1.82, 2.24) is 5.32 Å². The molecule has 0 saturated heterocycles. The second-order valence-electron chi connectivity index (χ2n) is 7.12. The van der Waals surface area contributed by atoms with Gasteiger partial charge in [-0.15, -0.1) is 0 Å². The fourth-order valence-electron chi connectivity index (χ4n) is 2.68. The largest absolute Gasteiger partial charge is 0.481 e. The first kappa shape index (κ1) is 29.2. The van der Waals surface area contributed by atoms with E-state index < -0.39 is 5.97 Å². The second-order valence-corrected chi connectivity index (χ2v) is 7.12. The van der Waals surface area contributed by atoms with Crippen LogP contribution in [0.2, 0.25) is 0 Å². The molecule has 9 nitrogen and oxygen atoms in total. The van der Waals surface area contributed by atoms with Crippen molar-refractivity contribution in [3.8, 4) is 0 Å². The van der Waals surface area contributed by atoms with E-state index in [-0.39, 0.29) is 11.9 Å². The fraction of sp³-hybridized carbons (Fsp3) is 0.850. The summed E-state index contributed by atoms with van der Waals surface area (Å²) in [6, 6.07) is 0. The first-order chi connectivity index (χ1) is 13.9. The minimum Gasteiger partial charge on any atom is -0.481 e. The lowest BCUT2D eigenvalue weighted by Gasteiger charge is -2.05. The Balaban J connectivity index is 0. The summed E-state index contributed by atoms with van der Waals surface area (Å²) < 4.78 is 0. The van der Waals surface area contributed by atoms with Crippen molar-refractivity contribution in [3.05, 3.63) is 0 Å². The van der Waals surface area contributed by atoms with Crippen molar-refractivity contribution in [2.24, 2.45) is 32.9 Å². The number of nitrogens with zero attached hydrogens (tertiary/aromatic N) is 2. The van der Waals surface area contributed by atoms with Crippen LogP contribution in [0.25, 0.3) is 0 Å². The summed E-state index contributed by atoms with van der Waals surface area (Å²) in [6.45, 7) is 4.90. The predicted octanol–water partition coefficient (Wildman–Crippen LogP) is 1.89. The molecular formula is C20H45N7O2. The molecule has 0 aromatic rings. The highest BCUT2D eigenvalue weighted by molar-refractivity contribution is 5.75. The average molecular weight is 416 g/mol. The van der Waals surface area contributed by atoms with Crippen LogP contribution < -0.4 is 28.3 Å². The van der Waals surface area contributed by atoms with Gasteiger partial charge in [0, 0.05) is 20.0 Å². The summed E-state index contributed by atoms with van der Waals surface area (Å²) in [4.78, 5) is 17.0. The lowest BCUT2D eigenvalue weighted by Crippen LogP contribution is -2.22. The molecule has 0 bridgehead atoms. The normalized spacial score (nSPS) is 9.97. The number of carboxylic acid groups (broad SMARTS) is 1. The van der Waals surface area contributed by atoms with Crippen LogP contribution in [0.5, 0.6) is 0 Å².